The number of aryl methyl sites for hydroxylation is 1. The molecule has 0 saturated heterocycles. The van der Waals surface area contributed by atoms with E-state index in [0.29, 0.717) is 6.04 Å². The van der Waals surface area contributed by atoms with Gasteiger partial charge in [0.1, 0.15) is 0 Å². The lowest BCUT2D eigenvalue weighted by molar-refractivity contribution is -0.127. The minimum Gasteiger partial charge on any atom is -0.332 e. The van der Waals surface area contributed by atoms with Crippen molar-refractivity contribution in [2.75, 3.05) is 0 Å². The van der Waals surface area contributed by atoms with Crippen molar-refractivity contribution in [2.24, 2.45) is 0 Å². The van der Waals surface area contributed by atoms with Gasteiger partial charge < -0.3 is 4.90 Å². The Kier molecular flexibility index (Phi) is 3.85. The molecule has 1 aliphatic carbocycles. The third kappa shape index (κ3) is 3.46. The topological polar surface area (TPSA) is 20.3 Å². The van der Waals surface area contributed by atoms with E-state index in [2.05, 4.69) is 31.2 Å². The van der Waals surface area contributed by atoms with Gasteiger partial charge in [0.25, 0.3) is 0 Å². The first-order chi connectivity index (χ1) is 8.56. The molecule has 0 bridgehead atoms. The van der Waals surface area contributed by atoms with Gasteiger partial charge in [0, 0.05) is 18.7 Å². The number of hydrogen-bond donors (Lipinski definition) is 0. The summed E-state index contributed by atoms with van der Waals surface area (Å²) in [6.45, 7) is 6.75. The summed E-state index contributed by atoms with van der Waals surface area (Å²) in [5.74, 6) is 0.152. The van der Waals surface area contributed by atoms with Crippen molar-refractivity contribution in [3.63, 3.8) is 0 Å². The van der Waals surface area contributed by atoms with E-state index in [1.165, 1.54) is 11.1 Å². The van der Waals surface area contributed by atoms with Gasteiger partial charge >= 0.3 is 0 Å². The molecule has 2 nitrogen and oxygen atoms in total. The molecule has 96 valence electrons. The van der Waals surface area contributed by atoms with Crippen LogP contribution in [0.2, 0.25) is 0 Å². The van der Waals surface area contributed by atoms with E-state index in [0.717, 1.165) is 25.0 Å². The van der Waals surface area contributed by atoms with Crippen molar-refractivity contribution < 1.29 is 4.79 Å². The maximum absolute atomic E-state index is 12.2. The van der Waals surface area contributed by atoms with Crippen molar-refractivity contribution >= 4 is 5.91 Å². The molecule has 2 rings (SSSR count). The van der Waals surface area contributed by atoms with E-state index in [4.69, 9.17) is 0 Å². The van der Waals surface area contributed by atoms with Gasteiger partial charge in [-0.15, -0.1) is 0 Å². The zero-order chi connectivity index (χ0) is 13.1. The molecular weight excluding hydrogens is 222 g/mol. The zero-order valence-corrected chi connectivity index (χ0v) is 11.4. The monoisotopic (exact) mass is 243 g/mol. The van der Waals surface area contributed by atoms with Gasteiger partial charge in [-0.1, -0.05) is 35.4 Å². The zero-order valence-electron chi connectivity index (χ0n) is 11.4. The predicted octanol–water partition coefficient (Wildman–Crippen LogP) is 3.45. The minimum atomic E-state index is 0.152. The Balaban J connectivity index is 2.12. The van der Waals surface area contributed by atoms with E-state index in [-0.39, 0.29) is 5.91 Å². The number of nitrogens with zero attached hydrogens (tertiary/aromatic N) is 1. The van der Waals surface area contributed by atoms with Gasteiger partial charge in [-0.05, 0) is 39.2 Å². The summed E-state index contributed by atoms with van der Waals surface area (Å²) in [6, 6.07) is 8.85. The lowest BCUT2D eigenvalue weighted by Gasteiger charge is -2.21. The molecule has 0 radical (unpaired) electrons. The third-order valence-corrected chi connectivity index (χ3v) is 3.12. The normalized spacial score (nSPS) is 14.2. The highest BCUT2D eigenvalue weighted by molar-refractivity contribution is 5.88. The van der Waals surface area contributed by atoms with Crippen LogP contribution in [0.1, 0.15) is 37.8 Å². The molecule has 1 aromatic carbocycles. The summed E-state index contributed by atoms with van der Waals surface area (Å²) in [7, 11) is 0. The molecule has 0 spiro atoms. The highest BCUT2D eigenvalue weighted by Gasteiger charge is 2.31. The van der Waals surface area contributed by atoms with Crippen LogP contribution < -0.4 is 0 Å². The van der Waals surface area contributed by atoms with E-state index in [9.17, 15) is 4.79 Å². The Morgan fingerprint density at radius 1 is 1.39 bits per heavy atom. The van der Waals surface area contributed by atoms with Crippen molar-refractivity contribution in [2.45, 2.75) is 46.2 Å². The van der Waals surface area contributed by atoms with E-state index in [1.54, 1.807) is 6.08 Å². The van der Waals surface area contributed by atoms with Crippen LogP contribution >= 0.6 is 0 Å². The van der Waals surface area contributed by atoms with Crippen LogP contribution in [-0.4, -0.2) is 16.8 Å². The SMILES string of the molecule is CC(C)=CC(=O)N(Cc1cccc(C)c1)C1CC1. The van der Waals surface area contributed by atoms with Crippen LogP contribution in [0.25, 0.3) is 0 Å². The molecule has 0 aromatic heterocycles. The number of amides is 1. The van der Waals surface area contributed by atoms with Gasteiger partial charge in [-0.3, -0.25) is 4.79 Å². The molecule has 18 heavy (non-hydrogen) atoms. The van der Waals surface area contributed by atoms with Gasteiger partial charge in [-0.25, -0.2) is 0 Å². The van der Waals surface area contributed by atoms with Crippen LogP contribution in [0.4, 0.5) is 0 Å². The first-order valence-electron chi connectivity index (χ1n) is 6.57. The summed E-state index contributed by atoms with van der Waals surface area (Å²) >= 11 is 0. The summed E-state index contributed by atoms with van der Waals surface area (Å²) in [5, 5.41) is 0. The lowest BCUT2D eigenvalue weighted by Crippen LogP contribution is -2.31. The predicted molar refractivity (Wildman–Crippen MR) is 74.2 cm³/mol. The second kappa shape index (κ2) is 5.38. The van der Waals surface area contributed by atoms with Crippen LogP contribution in [0, 0.1) is 6.92 Å². The Labute approximate surface area is 109 Å². The summed E-state index contributed by atoms with van der Waals surface area (Å²) in [6.07, 6.45) is 4.04. The summed E-state index contributed by atoms with van der Waals surface area (Å²) in [5.41, 5.74) is 3.53. The molecular formula is C16H21NO. The van der Waals surface area contributed by atoms with Gasteiger partial charge in [0.2, 0.25) is 5.91 Å². The average Bonchev–Trinajstić information content (AvgIpc) is 3.08. The van der Waals surface area contributed by atoms with E-state index < -0.39 is 0 Å². The quantitative estimate of drug-likeness (QED) is 0.742. The molecule has 0 aliphatic heterocycles. The van der Waals surface area contributed by atoms with Crippen molar-refractivity contribution in [1.29, 1.82) is 0 Å². The number of hydrogen-bond acceptors (Lipinski definition) is 1. The van der Waals surface area contributed by atoms with Crippen molar-refractivity contribution in [3.05, 3.63) is 47.0 Å². The molecule has 1 saturated carbocycles. The number of benzene rings is 1. The minimum absolute atomic E-state index is 0.152. The van der Waals surface area contributed by atoms with Crippen LogP contribution in [0.15, 0.2) is 35.9 Å². The smallest absolute Gasteiger partial charge is 0.247 e. The number of carbonyl (C=O) groups is 1. The Bertz CT molecular complexity index is 468. The maximum atomic E-state index is 12.2. The summed E-state index contributed by atoms with van der Waals surface area (Å²) in [4.78, 5) is 14.2. The maximum Gasteiger partial charge on any atom is 0.247 e. The highest BCUT2D eigenvalue weighted by atomic mass is 16.2. The number of carbonyl (C=O) groups excluding carboxylic acids is 1. The van der Waals surface area contributed by atoms with Crippen LogP contribution in [0.5, 0.6) is 0 Å². The van der Waals surface area contributed by atoms with E-state index >= 15 is 0 Å². The fourth-order valence-corrected chi connectivity index (χ4v) is 2.11. The Morgan fingerprint density at radius 3 is 2.67 bits per heavy atom. The second-order valence-electron chi connectivity index (χ2n) is 5.41. The largest absolute Gasteiger partial charge is 0.332 e. The fourth-order valence-electron chi connectivity index (χ4n) is 2.11. The van der Waals surface area contributed by atoms with Gasteiger partial charge in [0.05, 0.1) is 0 Å². The lowest BCUT2D eigenvalue weighted by atomic mass is 10.1. The molecule has 1 fully saturated rings. The van der Waals surface area contributed by atoms with Crippen LogP contribution in [0.3, 0.4) is 0 Å². The number of allylic oxidation sites excluding steroid dienone is 1. The third-order valence-electron chi connectivity index (χ3n) is 3.12. The first-order valence-corrected chi connectivity index (χ1v) is 6.57. The first kappa shape index (κ1) is 12.9. The molecule has 1 aromatic rings. The summed E-state index contributed by atoms with van der Waals surface area (Å²) < 4.78 is 0. The standard InChI is InChI=1S/C16H21NO/c1-12(2)9-16(18)17(15-7-8-15)11-14-6-4-5-13(3)10-14/h4-6,9-10,15H,7-8,11H2,1-3H3. The number of rotatable bonds is 4. The molecule has 2 heteroatoms. The highest BCUT2D eigenvalue weighted by Crippen LogP contribution is 2.28. The average molecular weight is 243 g/mol. The fraction of sp³-hybridized carbons (Fsp3) is 0.438. The van der Waals surface area contributed by atoms with Gasteiger partial charge in [0.15, 0.2) is 0 Å². The Morgan fingerprint density at radius 2 is 2.11 bits per heavy atom. The molecule has 0 unspecified atom stereocenters. The molecule has 1 aliphatic rings. The molecule has 1 amide bonds. The van der Waals surface area contributed by atoms with Gasteiger partial charge in [-0.2, -0.15) is 0 Å². The van der Waals surface area contributed by atoms with Crippen LogP contribution in [-0.2, 0) is 11.3 Å². The molecule has 0 atom stereocenters. The molecule has 0 N–H and O–H groups in total. The van der Waals surface area contributed by atoms with Crippen molar-refractivity contribution in [3.8, 4) is 0 Å². The Hall–Kier alpha value is -1.57. The van der Waals surface area contributed by atoms with E-state index in [1.807, 2.05) is 18.7 Å². The molecule has 0 heterocycles. The van der Waals surface area contributed by atoms with Crippen molar-refractivity contribution in [1.82, 2.24) is 4.90 Å². The second-order valence-corrected chi connectivity index (χ2v) is 5.41.